The van der Waals surface area contributed by atoms with Crippen LogP contribution in [0, 0.1) is 5.41 Å². The lowest BCUT2D eigenvalue weighted by atomic mass is 9.96. The molecule has 0 atom stereocenters. The van der Waals surface area contributed by atoms with Crippen LogP contribution in [0.15, 0.2) is 54.6 Å². The molecule has 1 N–H and O–H groups in total. The highest BCUT2D eigenvalue weighted by Crippen LogP contribution is 2.19. The maximum atomic E-state index is 13.4. The molecule has 1 heterocycles. The number of amides is 2. The second-order valence-electron chi connectivity index (χ2n) is 9.81. The van der Waals surface area contributed by atoms with Gasteiger partial charge < -0.3 is 14.8 Å². The highest BCUT2D eigenvalue weighted by atomic mass is 16.2. The maximum absolute atomic E-state index is 13.4. The van der Waals surface area contributed by atoms with Crippen molar-refractivity contribution in [3.8, 4) is 0 Å². The van der Waals surface area contributed by atoms with Gasteiger partial charge in [0.1, 0.15) is 12.4 Å². The summed E-state index contributed by atoms with van der Waals surface area (Å²) in [4.78, 5) is 32.3. The monoisotopic (exact) mass is 448 g/mol. The standard InChI is InChI=1S/C27H36N4O2/c1-20(2)30(18-21-12-7-6-8-13-21)25(32)19-31-23-15-10-9-14-22(23)29-24(31)16-11-17-28-26(33)27(3,4)5/h6-10,12-15,20H,11,16-19H2,1-5H3,(H,28,33). The van der Waals surface area contributed by atoms with Gasteiger partial charge in [0.2, 0.25) is 11.8 Å². The van der Waals surface area contributed by atoms with Gasteiger partial charge in [0.25, 0.3) is 0 Å². The van der Waals surface area contributed by atoms with E-state index in [2.05, 4.69) is 5.32 Å². The molecule has 0 unspecified atom stereocenters. The molecule has 6 heteroatoms. The average molecular weight is 449 g/mol. The second-order valence-corrected chi connectivity index (χ2v) is 9.81. The third kappa shape index (κ3) is 6.44. The summed E-state index contributed by atoms with van der Waals surface area (Å²) in [6, 6.07) is 18.1. The predicted molar refractivity (Wildman–Crippen MR) is 133 cm³/mol. The van der Waals surface area contributed by atoms with Crippen molar-refractivity contribution in [2.24, 2.45) is 5.41 Å². The van der Waals surface area contributed by atoms with Crippen LogP contribution >= 0.6 is 0 Å². The van der Waals surface area contributed by atoms with Gasteiger partial charge in [0, 0.05) is 31.0 Å². The summed E-state index contributed by atoms with van der Waals surface area (Å²) in [6.45, 7) is 11.2. The Morgan fingerprint density at radius 1 is 1.03 bits per heavy atom. The van der Waals surface area contributed by atoms with E-state index in [0.29, 0.717) is 19.5 Å². The Hall–Kier alpha value is -3.15. The molecule has 0 fully saturated rings. The van der Waals surface area contributed by atoms with E-state index in [-0.39, 0.29) is 24.4 Å². The molecule has 3 aromatic rings. The Kier molecular flexibility index (Phi) is 7.90. The number of aromatic nitrogens is 2. The summed E-state index contributed by atoms with van der Waals surface area (Å²) in [7, 11) is 0. The minimum Gasteiger partial charge on any atom is -0.356 e. The number of benzene rings is 2. The molecule has 33 heavy (non-hydrogen) atoms. The van der Waals surface area contributed by atoms with Crippen molar-refractivity contribution in [2.75, 3.05) is 6.54 Å². The largest absolute Gasteiger partial charge is 0.356 e. The lowest BCUT2D eigenvalue weighted by molar-refractivity contribution is -0.134. The summed E-state index contributed by atoms with van der Waals surface area (Å²) < 4.78 is 2.03. The first kappa shape index (κ1) is 24.5. The van der Waals surface area contributed by atoms with Gasteiger partial charge >= 0.3 is 0 Å². The van der Waals surface area contributed by atoms with Gasteiger partial charge in [-0.05, 0) is 38.0 Å². The predicted octanol–water partition coefficient (Wildman–Crippen LogP) is 4.57. The molecule has 0 saturated heterocycles. The number of fused-ring (bicyclic) bond motifs is 1. The van der Waals surface area contributed by atoms with Gasteiger partial charge in [0.15, 0.2) is 0 Å². The van der Waals surface area contributed by atoms with Crippen molar-refractivity contribution in [3.05, 3.63) is 66.0 Å². The molecule has 0 bridgehead atoms. The van der Waals surface area contributed by atoms with Gasteiger partial charge in [-0.3, -0.25) is 9.59 Å². The highest BCUT2D eigenvalue weighted by Gasteiger charge is 2.22. The number of rotatable bonds is 9. The van der Waals surface area contributed by atoms with E-state index >= 15 is 0 Å². The lowest BCUT2D eigenvalue weighted by Gasteiger charge is -2.27. The first-order chi connectivity index (χ1) is 15.7. The number of carbonyl (C=O) groups is 2. The number of carbonyl (C=O) groups excluding carboxylic acids is 2. The lowest BCUT2D eigenvalue weighted by Crippen LogP contribution is -2.38. The second kappa shape index (κ2) is 10.6. The molecule has 0 spiro atoms. The SMILES string of the molecule is CC(C)N(Cc1ccccc1)C(=O)Cn1c(CCCNC(=O)C(C)(C)C)nc2ccccc21. The Morgan fingerprint density at radius 3 is 2.36 bits per heavy atom. The van der Waals surface area contributed by atoms with Crippen molar-refractivity contribution in [1.29, 1.82) is 0 Å². The van der Waals surface area contributed by atoms with Crippen LogP contribution in [-0.2, 0) is 29.1 Å². The summed E-state index contributed by atoms with van der Waals surface area (Å²) in [5.74, 6) is 0.983. The summed E-state index contributed by atoms with van der Waals surface area (Å²) in [6.07, 6.45) is 1.45. The summed E-state index contributed by atoms with van der Waals surface area (Å²) in [5.41, 5.74) is 2.56. The van der Waals surface area contributed by atoms with Gasteiger partial charge in [-0.2, -0.15) is 0 Å². The summed E-state index contributed by atoms with van der Waals surface area (Å²) in [5, 5.41) is 3.00. The minimum absolute atomic E-state index is 0.0414. The van der Waals surface area contributed by atoms with Crippen molar-refractivity contribution in [3.63, 3.8) is 0 Å². The van der Waals surface area contributed by atoms with Crippen LogP contribution in [-0.4, -0.2) is 38.9 Å². The number of nitrogens with one attached hydrogen (secondary N) is 1. The first-order valence-corrected chi connectivity index (χ1v) is 11.7. The smallest absolute Gasteiger partial charge is 0.243 e. The Balaban J connectivity index is 1.75. The zero-order valence-electron chi connectivity index (χ0n) is 20.5. The molecule has 2 amide bonds. The quantitative estimate of drug-likeness (QED) is 0.488. The van der Waals surface area contributed by atoms with Crippen LogP contribution in [0.1, 0.15) is 52.4 Å². The molecule has 3 rings (SSSR count). The van der Waals surface area contributed by atoms with Crippen LogP contribution in [0.25, 0.3) is 11.0 Å². The van der Waals surface area contributed by atoms with Crippen LogP contribution in [0.2, 0.25) is 0 Å². The topological polar surface area (TPSA) is 67.2 Å². The van der Waals surface area contributed by atoms with E-state index < -0.39 is 5.41 Å². The molecule has 0 aliphatic rings. The Labute approximate surface area is 197 Å². The van der Waals surface area contributed by atoms with Crippen LogP contribution in [0.3, 0.4) is 0 Å². The molecule has 0 aliphatic carbocycles. The fourth-order valence-corrected chi connectivity index (χ4v) is 3.77. The number of para-hydroxylation sites is 2. The first-order valence-electron chi connectivity index (χ1n) is 11.7. The summed E-state index contributed by atoms with van der Waals surface area (Å²) >= 11 is 0. The molecule has 0 radical (unpaired) electrons. The van der Waals surface area contributed by atoms with E-state index in [9.17, 15) is 9.59 Å². The molecular weight excluding hydrogens is 412 g/mol. The normalized spacial score (nSPS) is 11.7. The van der Waals surface area contributed by atoms with E-state index in [0.717, 1.165) is 28.8 Å². The average Bonchev–Trinajstić information content (AvgIpc) is 3.12. The number of imidazole rings is 1. The van der Waals surface area contributed by atoms with Crippen molar-refractivity contribution in [1.82, 2.24) is 19.8 Å². The number of aryl methyl sites for hydroxylation is 1. The maximum Gasteiger partial charge on any atom is 0.243 e. The molecule has 176 valence electrons. The highest BCUT2D eigenvalue weighted by molar-refractivity contribution is 5.82. The molecule has 2 aromatic carbocycles. The number of hydrogen-bond donors (Lipinski definition) is 1. The molecular formula is C27H36N4O2. The van der Waals surface area contributed by atoms with E-state index in [1.165, 1.54) is 0 Å². The number of nitrogens with zero attached hydrogens (tertiary/aromatic N) is 3. The zero-order chi connectivity index (χ0) is 24.0. The fourth-order valence-electron chi connectivity index (χ4n) is 3.77. The third-order valence-corrected chi connectivity index (χ3v) is 5.71. The molecule has 6 nitrogen and oxygen atoms in total. The van der Waals surface area contributed by atoms with Gasteiger partial charge in [0.05, 0.1) is 11.0 Å². The van der Waals surface area contributed by atoms with Gasteiger partial charge in [-0.1, -0.05) is 63.2 Å². The fraction of sp³-hybridized carbons (Fsp3) is 0.444. The van der Waals surface area contributed by atoms with Crippen molar-refractivity contribution >= 4 is 22.8 Å². The van der Waals surface area contributed by atoms with E-state index in [1.54, 1.807) is 0 Å². The van der Waals surface area contributed by atoms with E-state index in [1.807, 2.05) is 98.7 Å². The Morgan fingerprint density at radius 2 is 1.70 bits per heavy atom. The van der Waals surface area contributed by atoms with Crippen LogP contribution in [0.4, 0.5) is 0 Å². The number of hydrogen-bond acceptors (Lipinski definition) is 3. The van der Waals surface area contributed by atoms with Crippen molar-refractivity contribution in [2.45, 2.75) is 66.6 Å². The van der Waals surface area contributed by atoms with Crippen molar-refractivity contribution < 1.29 is 9.59 Å². The zero-order valence-corrected chi connectivity index (χ0v) is 20.5. The molecule has 0 aliphatic heterocycles. The van der Waals surface area contributed by atoms with Gasteiger partial charge in [-0.15, -0.1) is 0 Å². The van der Waals surface area contributed by atoms with Crippen LogP contribution in [0.5, 0.6) is 0 Å². The van der Waals surface area contributed by atoms with Crippen LogP contribution < -0.4 is 5.32 Å². The third-order valence-electron chi connectivity index (χ3n) is 5.71. The van der Waals surface area contributed by atoms with Gasteiger partial charge in [-0.25, -0.2) is 4.98 Å². The molecule has 0 saturated carbocycles. The molecule has 1 aromatic heterocycles. The van der Waals surface area contributed by atoms with E-state index in [4.69, 9.17) is 4.98 Å². The Bertz CT molecular complexity index is 1080. The minimum atomic E-state index is -0.404.